The smallest absolute Gasteiger partial charge is 0.363 e. The summed E-state index contributed by atoms with van der Waals surface area (Å²) in [6.07, 6.45) is 4.89. The third-order valence-corrected chi connectivity index (χ3v) is 4.39. The lowest BCUT2D eigenvalue weighted by Gasteiger charge is -2.08. The second-order valence-corrected chi connectivity index (χ2v) is 6.64. The molecule has 6 heteroatoms. The van der Waals surface area contributed by atoms with Crippen LogP contribution in [0.3, 0.4) is 0 Å². The Bertz CT molecular complexity index is 973. The summed E-state index contributed by atoms with van der Waals surface area (Å²) in [5, 5.41) is 0. The van der Waals surface area contributed by atoms with Crippen LogP contribution >= 0.6 is 0 Å². The number of hydrogen-bond acceptors (Lipinski definition) is 6. The van der Waals surface area contributed by atoms with E-state index < -0.39 is 11.9 Å². The van der Waals surface area contributed by atoms with Crippen molar-refractivity contribution in [2.45, 2.75) is 33.1 Å². The van der Waals surface area contributed by atoms with E-state index in [9.17, 15) is 9.59 Å². The summed E-state index contributed by atoms with van der Waals surface area (Å²) in [6, 6.07) is 12.9. The van der Waals surface area contributed by atoms with Crippen molar-refractivity contribution in [1.29, 1.82) is 0 Å². The Morgan fingerprint density at radius 1 is 1.14 bits per heavy atom. The van der Waals surface area contributed by atoms with Gasteiger partial charge in [-0.15, -0.1) is 0 Å². The van der Waals surface area contributed by atoms with Gasteiger partial charge in [0.1, 0.15) is 0 Å². The summed E-state index contributed by atoms with van der Waals surface area (Å²) in [4.78, 5) is 27.8. The first-order valence-corrected chi connectivity index (χ1v) is 9.48. The number of nitrogens with zero attached hydrogens (tertiary/aromatic N) is 1. The van der Waals surface area contributed by atoms with E-state index in [1.807, 2.05) is 24.3 Å². The van der Waals surface area contributed by atoms with Crippen molar-refractivity contribution in [1.82, 2.24) is 0 Å². The number of esters is 2. The molecule has 0 atom stereocenters. The number of benzene rings is 2. The van der Waals surface area contributed by atoms with Gasteiger partial charge in [0.15, 0.2) is 17.2 Å². The number of ether oxygens (including phenoxy) is 3. The molecular weight excluding hydrogens is 370 g/mol. The van der Waals surface area contributed by atoms with Gasteiger partial charge in [0, 0.05) is 12.5 Å². The Morgan fingerprint density at radius 2 is 1.90 bits per heavy atom. The minimum absolute atomic E-state index is 0.175. The van der Waals surface area contributed by atoms with Gasteiger partial charge in [-0.25, -0.2) is 9.79 Å². The van der Waals surface area contributed by atoms with Crippen molar-refractivity contribution in [3.05, 3.63) is 64.9 Å². The molecule has 0 radical (unpaired) electrons. The van der Waals surface area contributed by atoms with Crippen molar-refractivity contribution >= 4 is 23.9 Å². The van der Waals surface area contributed by atoms with Crippen LogP contribution in [0.2, 0.25) is 0 Å². The van der Waals surface area contributed by atoms with E-state index in [0.29, 0.717) is 11.3 Å². The van der Waals surface area contributed by atoms with Gasteiger partial charge < -0.3 is 14.2 Å². The van der Waals surface area contributed by atoms with Crippen LogP contribution in [0.15, 0.2) is 53.2 Å². The average molecular weight is 393 g/mol. The average Bonchev–Trinajstić information content (AvgIpc) is 3.07. The summed E-state index contributed by atoms with van der Waals surface area (Å²) in [7, 11) is 1.49. The van der Waals surface area contributed by atoms with Crippen LogP contribution in [-0.2, 0) is 20.7 Å². The van der Waals surface area contributed by atoms with Crippen molar-refractivity contribution < 1.29 is 23.8 Å². The lowest BCUT2D eigenvalue weighted by Crippen LogP contribution is -2.05. The first-order chi connectivity index (χ1) is 14.0. The molecule has 0 fully saturated rings. The molecule has 0 amide bonds. The number of hydrogen-bond donors (Lipinski definition) is 0. The third kappa shape index (κ3) is 5.10. The molecule has 150 valence electrons. The lowest BCUT2D eigenvalue weighted by molar-refractivity contribution is -0.132. The van der Waals surface area contributed by atoms with Crippen molar-refractivity contribution in [3.63, 3.8) is 0 Å². The number of methoxy groups -OCH3 is 1. The highest BCUT2D eigenvalue weighted by molar-refractivity contribution is 6.12. The molecule has 3 rings (SSSR count). The van der Waals surface area contributed by atoms with Crippen LogP contribution < -0.4 is 9.47 Å². The molecule has 6 nitrogen and oxygen atoms in total. The summed E-state index contributed by atoms with van der Waals surface area (Å²) >= 11 is 0. The first-order valence-electron chi connectivity index (χ1n) is 9.48. The topological polar surface area (TPSA) is 74.2 Å². The normalized spacial score (nSPS) is 14.5. The van der Waals surface area contributed by atoms with Crippen LogP contribution in [0.5, 0.6) is 11.5 Å². The Labute approximate surface area is 169 Å². The maximum absolute atomic E-state index is 12.2. The molecule has 1 aliphatic heterocycles. The second-order valence-electron chi connectivity index (χ2n) is 6.64. The molecule has 29 heavy (non-hydrogen) atoms. The van der Waals surface area contributed by atoms with Crippen molar-refractivity contribution in [3.8, 4) is 11.5 Å². The van der Waals surface area contributed by atoms with Gasteiger partial charge in [-0.2, -0.15) is 0 Å². The molecular formula is C23H23NO5. The van der Waals surface area contributed by atoms with Crippen molar-refractivity contribution in [2.24, 2.45) is 4.99 Å². The van der Waals surface area contributed by atoms with E-state index in [-0.39, 0.29) is 17.3 Å². The zero-order valence-corrected chi connectivity index (χ0v) is 16.7. The predicted octanol–water partition coefficient (Wildman–Crippen LogP) is 4.31. The summed E-state index contributed by atoms with van der Waals surface area (Å²) in [6.45, 7) is 3.47. The molecule has 0 aromatic heterocycles. The number of carbonyl (C=O) groups is 2. The highest BCUT2D eigenvalue weighted by Gasteiger charge is 2.24. The highest BCUT2D eigenvalue weighted by Crippen LogP contribution is 2.30. The van der Waals surface area contributed by atoms with Crippen LogP contribution in [0.4, 0.5) is 0 Å². The molecule has 0 saturated heterocycles. The number of aryl methyl sites for hydroxylation is 1. The SMILES string of the molecule is CCCCc1ccc(C2=N/C(=C\c3ccc(OC)c(OC(C)=O)c3)C(=O)O2)cc1. The molecule has 0 aliphatic carbocycles. The molecule has 0 unspecified atom stereocenters. The van der Waals surface area contributed by atoms with Gasteiger partial charge in [0.2, 0.25) is 5.90 Å². The number of rotatable bonds is 7. The Kier molecular flexibility index (Phi) is 6.44. The number of unbranched alkanes of at least 4 members (excludes halogenated alkanes) is 1. The van der Waals surface area contributed by atoms with Crippen molar-refractivity contribution in [2.75, 3.05) is 7.11 Å². The molecule has 0 N–H and O–H groups in total. The predicted molar refractivity (Wildman–Crippen MR) is 110 cm³/mol. The molecule has 0 spiro atoms. The van der Waals surface area contributed by atoms with E-state index in [4.69, 9.17) is 14.2 Å². The van der Waals surface area contributed by atoms with E-state index in [1.165, 1.54) is 19.6 Å². The molecule has 2 aromatic carbocycles. The number of cyclic esters (lactones) is 1. The molecule has 1 aliphatic rings. The van der Waals surface area contributed by atoms with E-state index >= 15 is 0 Å². The first kappa shape index (κ1) is 20.3. The van der Waals surface area contributed by atoms with E-state index in [2.05, 4.69) is 11.9 Å². The number of carbonyl (C=O) groups excluding carboxylic acids is 2. The Hall–Kier alpha value is -3.41. The summed E-state index contributed by atoms with van der Waals surface area (Å²) < 4.78 is 15.7. The van der Waals surface area contributed by atoms with Gasteiger partial charge in [0.25, 0.3) is 0 Å². The third-order valence-electron chi connectivity index (χ3n) is 4.39. The minimum atomic E-state index is -0.528. The van der Waals surface area contributed by atoms with Gasteiger partial charge in [-0.1, -0.05) is 31.5 Å². The molecule has 1 heterocycles. The zero-order chi connectivity index (χ0) is 20.8. The largest absolute Gasteiger partial charge is 0.493 e. The number of aliphatic imine (C=N–C) groups is 1. The molecule has 0 bridgehead atoms. The molecule has 2 aromatic rings. The van der Waals surface area contributed by atoms with E-state index in [1.54, 1.807) is 24.3 Å². The van der Waals surface area contributed by atoms with Crippen LogP contribution in [0.25, 0.3) is 6.08 Å². The quantitative estimate of drug-likeness (QED) is 0.398. The standard InChI is InChI=1S/C23H23NO5/c1-4-5-6-16-7-10-18(11-8-16)22-24-19(23(26)29-22)13-17-9-12-20(27-3)21(14-17)28-15(2)25/h7-14H,4-6H2,1-3H3/b19-13-. The van der Waals surface area contributed by atoms with Gasteiger partial charge in [-0.3, -0.25) is 4.79 Å². The maximum atomic E-state index is 12.2. The highest BCUT2D eigenvalue weighted by atomic mass is 16.6. The van der Waals surface area contributed by atoms with Gasteiger partial charge in [0.05, 0.1) is 7.11 Å². The summed E-state index contributed by atoms with van der Waals surface area (Å²) in [5.74, 6) is -0.0238. The Balaban J connectivity index is 1.84. The Morgan fingerprint density at radius 3 is 2.55 bits per heavy atom. The summed E-state index contributed by atoms with van der Waals surface area (Å²) in [5.41, 5.74) is 2.80. The molecule has 0 saturated carbocycles. The monoisotopic (exact) mass is 393 g/mol. The fraction of sp³-hybridized carbons (Fsp3) is 0.261. The van der Waals surface area contributed by atoms with E-state index in [0.717, 1.165) is 24.8 Å². The second kappa shape index (κ2) is 9.19. The minimum Gasteiger partial charge on any atom is -0.493 e. The maximum Gasteiger partial charge on any atom is 0.363 e. The zero-order valence-electron chi connectivity index (χ0n) is 16.7. The van der Waals surface area contributed by atoms with Crippen LogP contribution in [0.1, 0.15) is 43.4 Å². The fourth-order valence-electron chi connectivity index (χ4n) is 2.90. The fourth-order valence-corrected chi connectivity index (χ4v) is 2.90. The van der Waals surface area contributed by atoms with Gasteiger partial charge in [-0.05, 0) is 54.3 Å². The van der Waals surface area contributed by atoms with Crippen LogP contribution in [-0.4, -0.2) is 24.9 Å². The van der Waals surface area contributed by atoms with Crippen LogP contribution in [0, 0.1) is 0 Å². The van der Waals surface area contributed by atoms with Gasteiger partial charge >= 0.3 is 11.9 Å². The lowest BCUT2D eigenvalue weighted by atomic mass is 10.1.